The number of nitrogens with one attached hydrogen (secondary N) is 2. The van der Waals surface area contributed by atoms with Crippen LogP contribution >= 0.6 is 0 Å². The minimum atomic E-state index is -0.977. The van der Waals surface area contributed by atoms with Crippen LogP contribution in [0.3, 0.4) is 0 Å². The van der Waals surface area contributed by atoms with Crippen molar-refractivity contribution >= 4 is 64.4 Å². The molecule has 66 heavy (non-hydrogen) atoms. The summed E-state index contributed by atoms with van der Waals surface area (Å²) in [4.78, 5) is 93.0. The number of hydrogen-bond donors (Lipinski definition) is 3. The van der Waals surface area contributed by atoms with Crippen molar-refractivity contribution in [2.75, 3.05) is 78.9 Å². The number of aromatic nitrogens is 3. The van der Waals surface area contributed by atoms with Crippen molar-refractivity contribution in [2.45, 2.75) is 69.4 Å². The molecule has 2 atom stereocenters. The number of benzene rings is 3. The molecular formula is C48H54N12O6. The summed E-state index contributed by atoms with van der Waals surface area (Å²) >= 11 is 0. The largest absolute Gasteiger partial charge is 0.371 e. The van der Waals surface area contributed by atoms with E-state index in [4.69, 9.17) is 10.7 Å². The van der Waals surface area contributed by atoms with E-state index in [-0.39, 0.29) is 36.4 Å². The third kappa shape index (κ3) is 8.52. The van der Waals surface area contributed by atoms with E-state index < -0.39 is 35.6 Å². The third-order valence-corrected chi connectivity index (χ3v) is 14.3. The van der Waals surface area contributed by atoms with Gasteiger partial charge in [-0.25, -0.2) is 4.79 Å². The summed E-state index contributed by atoms with van der Waals surface area (Å²) in [6, 6.07) is 22.4. The molecule has 3 aromatic carbocycles. The van der Waals surface area contributed by atoms with Crippen LogP contribution in [0.4, 0.5) is 33.6 Å². The van der Waals surface area contributed by atoms with Crippen molar-refractivity contribution in [3.05, 3.63) is 95.2 Å². The number of nitrogens with two attached hydrogens (primary N) is 1. The summed E-state index contributed by atoms with van der Waals surface area (Å²) in [5.74, 6) is -1.09. The highest BCUT2D eigenvalue weighted by atomic mass is 16.2. The molecule has 0 radical (unpaired) electrons. The van der Waals surface area contributed by atoms with Crippen LogP contribution in [0.25, 0.3) is 0 Å². The fourth-order valence-corrected chi connectivity index (χ4v) is 10.7. The summed E-state index contributed by atoms with van der Waals surface area (Å²) in [6.07, 6.45) is 6.10. The number of para-hydroxylation sites is 1. The molecule has 5 fully saturated rings. The van der Waals surface area contributed by atoms with Gasteiger partial charge >= 0.3 is 6.03 Å². The maximum absolute atomic E-state index is 13.5. The zero-order chi connectivity index (χ0) is 45.5. The smallest absolute Gasteiger partial charge is 0.324 e. The number of likely N-dealkylation sites (tertiary alicyclic amines) is 1. The lowest BCUT2D eigenvalue weighted by Gasteiger charge is -2.38. The van der Waals surface area contributed by atoms with Gasteiger partial charge in [-0.05, 0) is 118 Å². The molecule has 0 aliphatic carbocycles. The number of anilines is 5. The SMILES string of the molecule is NC(=O)c1nnc(N2CCCC(N3CCN(c4ccccc4)C3=O)C2)nc1Nc1ccc(C2CCN(CC3CCN(c4ccc5c(c4)C(=O)N(C4CCC(=O)NC4=O)C5=O)CC3)CC2)cc1. The van der Waals surface area contributed by atoms with Gasteiger partial charge in [0.2, 0.25) is 17.8 Å². The molecule has 6 aliphatic heterocycles. The highest BCUT2D eigenvalue weighted by Crippen LogP contribution is 2.35. The van der Waals surface area contributed by atoms with Crippen molar-refractivity contribution in [3.63, 3.8) is 0 Å². The average Bonchev–Trinajstić information content (AvgIpc) is 3.84. The van der Waals surface area contributed by atoms with Crippen molar-refractivity contribution in [3.8, 4) is 0 Å². The Bertz CT molecular complexity index is 2540. The van der Waals surface area contributed by atoms with Gasteiger partial charge in [0.05, 0.1) is 17.2 Å². The zero-order valence-corrected chi connectivity index (χ0v) is 36.8. The summed E-state index contributed by atoms with van der Waals surface area (Å²) in [5, 5.41) is 14.0. The lowest BCUT2D eigenvalue weighted by atomic mass is 9.88. The van der Waals surface area contributed by atoms with Crippen LogP contribution in [0.2, 0.25) is 0 Å². The van der Waals surface area contributed by atoms with E-state index in [1.165, 1.54) is 5.56 Å². The van der Waals surface area contributed by atoms with Crippen molar-refractivity contribution in [1.29, 1.82) is 0 Å². The monoisotopic (exact) mass is 894 g/mol. The lowest BCUT2D eigenvalue weighted by Crippen LogP contribution is -2.54. The number of imide groups is 2. The van der Waals surface area contributed by atoms with Crippen molar-refractivity contribution in [2.24, 2.45) is 11.7 Å². The van der Waals surface area contributed by atoms with Crippen LogP contribution in [0.5, 0.6) is 0 Å². The van der Waals surface area contributed by atoms with Crippen LogP contribution < -0.4 is 31.1 Å². The molecular weight excluding hydrogens is 841 g/mol. The van der Waals surface area contributed by atoms with E-state index in [2.05, 4.69) is 42.8 Å². The zero-order valence-electron chi connectivity index (χ0n) is 36.8. The van der Waals surface area contributed by atoms with Gasteiger partial charge in [-0.1, -0.05) is 30.3 Å². The summed E-state index contributed by atoms with van der Waals surface area (Å²) in [5.41, 5.74) is 10.1. The molecule has 0 saturated carbocycles. The van der Waals surface area contributed by atoms with E-state index >= 15 is 0 Å². The van der Waals surface area contributed by atoms with Crippen molar-refractivity contribution in [1.82, 2.24) is 35.2 Å². The molecule has 342 valence electrons. The Hall–Kier alpha value is -6.95. The molecule has 0 bridgehead atoms. The van der Waals surface area contributed by atoms with Gasteiger partial charge < -0.3 is 30.7 Å². The molecule has 5 saturated heterocycles. The van der Waals surface area contributed by atoms with Gasteiger partial charge in [-0.3, -0.25) is 39.1 Å². The Morgan fingerprint density at radius 1 is 0.742 bits per heavy atom. The van der Waals surface area contributed by atoms with Crippen LogP contribution in [0.1, 0.15) is 94.1 Å². The van der Waals surface area contributed by atoms with E-state index in [0.717, 1.165) is 93.2 Å². The van der Waals surface area contributed by atoms with Gasteiger partial charge in [0.1, 0.15) is 6.04 Å². The maximum atomic E-state index is 13.5. The second-order valence-electron chi connectivity index (χ2n) is 18.3. The molecule has 6 aliphatic rings. The first kappa shape index (κ1) is 43.0. The fraction of sp³-hybridized carbons (Fsp3) is 0.438. The number of nitrogens with zero attached hydrogens (tertiary/aromatic N) is 9. The molecule has 0 spiro atoms. The normalized spacial score (nSPS) is 22.3. The summed E-state index contributed by atoms with van der Waals surface area (Å²) in [6.45, 7) is 7.30. The van der Waals surface area contributed by atoms with Crippen LogP contribution in [-0.4, -0.2) is 136 Å². The first-order chi connectivity index (χ1) is 32.1. The topological polar surface area (TPSA) is 211 Å². The number of carbonyl (C=O) groups excluding carboxylic acids is 6. The fourth-order valence-electron chi connectivity index (χ4n) is 10.7. The lowest BCUT2D eigenvalue weighted by molar-refractivity contribution is -0.136. The Morgan fingerprint density at radius 2 is 1.50 bits per heavy atom. The Morgan fingerprint density at radius 3 is 2.24 bits per heavy atom. The predicted octanol–water partition coefficient (Wildman–Crippen LogP) is 4.12. The number of fused-ring (bicyclic) bond motifs is 1. The number of carbonyl (C=O) groups is 6. The van der Waals surface area contributed by atoms with Gasteiger partial charge in [0, 0.05) is 69.3 Å². The number of urea groups is 1. The number of piperidine rings is 4. The van der Waals surface area contributed by atoms with Crippen LogP contribution in [0, 0.1) is 5.92 Å². The number of hydrogen-bond acceptors (Lipinski definition) is 13. The standard InChI is InChI=1S/C48H54N12O6/c49-42(62)41-43(52-47(54-53-41)57-20-4-7-36(29-57)59-26-25-58(48(59)66)34-5-2-1-3-6-34)50-33-10-8-31(9-11-33)32-18-21-55(22-19-32)28-30-16-23-56(24-17-30)35-12-13-37-38(27-35)46(65)60(45(37)64)39-14-15-40(61)51-44(39)63/h1-3,5-6,8-13,27,30,32,36,39H,4,7,14-26,28-29H2,(H2,49,62)(H,50,52,54)(H,51,61,63). The number of rotatable bonds is 11. The van der Waals surface area contributed by atoms with Gasteiger partial charge in [0.25, 0.3) is 17.7 Å². The Balaban J connectivity index is 0.702. The molecule has 7 heterocycles. The van der Waals surface area contributed by atoms with Gasteiger partial charge in [-0.15, -0.1) is 10.2 Å². The minimum absolute atomic E-state index is 0.00105. The van der Waals surface area contributed by atoms with E-state index in [9.17, 15) is 28.8 Å². The molecule has 10 rings (SSSR count). The highest BCUT2D eigenvalue weighted by molar-refractivity contribution is 6.23. The number of amides is 7. The van der Waals surface area contributed by atoms with Crippen LogP contribution in [-0.2, 0) is 9.59 Å². The number of primary amides is 1. The maximum Gasteiger partial charge on any atom is 0.324 e. The molecule has 7 amide bonds. The summed E-state index contributed by atoms with van der Waals surface area (Å²) < 4.78 is 0. The second kappa shape index (κ2) is 18.1. The molecule has 18 heteroatoms. The van der Waals surface area contributed by atoms with E-state index in [1.54, 1.807) is 12.1 Å². The Kier molecular flexibility index (Phi) is 11.8. The Labute approximate surface area is 382 Å². The first-order valence-electron chi connectivity index (χ1n) is 23.2. The third-order valence-electron chi connectivity index (χ3n) is 14.3. The highest BCUT2D eigenvalue weighted by Gasteiger charge is 2.45. The molecule has 1 aromatic heterocycles. The van der Waals surface area contributed by atoms with Crippen LogP contribution in [0.15, 0.2) is 72.8 Å². The average molecular weight is 895 g/mol. The quantitative estimate of drug-likeness (QED) is 0.181. The molecule has 2 unspecified atom stereocenters. The van der Waals surface area contributed by atoms with Gasteiger partial charge in [-0.2, -0.15) is 4.98 Å². The molecule has 4 aromatic rings. The minimum Gasteiger partial charge on any atom is -0.371 e. The molecule has 4 N–H and O–H groups in total. The summed E-state index contributed by atoms with van der Waals surface area (Å²) in [7, 11) is 0. The predicted molar refractivity (Wildman–Crippen MR) is 246 cm³/mol. The van der Waals surface area contributed by atoms with Crippen molar-refractivity contribution < 1.29 is 28.8 Å². The van der Waals surface area contributed by atoms with Gasteiger partial charge in [0.15, 0.2) is 11.5 Å². The second-order valence-corrected chi connectivity index (χ2v) is 18.3. The first-order valence-corrected chi connectivity index (χ1v) is 23.2. The molecule has 18 nitrogen and oxygen atoms in total. The van der Waals surface area contributed by atoms with E-state index in [1.807, 2.05) is 63.2 Å². The van der Waals surface area contributed by atoms with E-state index in [0.29, 0.717) is 55.1 Å².